The van der Waals surface area contributed by atoms with E-state index in [0.29, 0.717) is 16.4 Å². The van der Waals surface area contributed by atoms with Crippen LogP contribution in [0.5, 0.6) is 0 Å². The molecule has 0 bridgehead atoms. The molecule has 0 aromatic heterocycles. The lowest BCUT2D eigenvalue weighted by molar-refractivity contribution is -0.136. The molecule has 0 aliphatic carbocycles. The Morgan fingerprint density at radius 2 is 1.79 bits per heavy atom. The number of amides is 2. The normalized spacial score (nSPS) is 10.8. The van der Waals surface area contributed by atoms with Crippen LogP contribution in [0.4, 0.5) is 10.5 Å². The maximum Gasteiger partial charge on any atom is 0.337 e. The smallest absolute Gasteiger partial charge is 0.337 e. The first kappa shape index (κ1) is 17.4. The highest BCUT2D eigenvalue weighted by Crippen LogP contribution is 2.15. The summed E-state index contributed by atoms with van der Waals surface area (Å²) in [4.78, 5) is 22.7. The van der Waals surface area contributed by atoms with E-state index in [1.807, 2.05) is 18.2 Å². The Morgan fingerprint density at radius 1 is 1.04 bits per heavy atom. The van der Waals surface area contributed by atoms with Gasteiger partial charge in [-0.05, 0) is 29.8 Å². The van der Waals surface area contributed by atoms with Crippen LogP contribution in [0.3, 0.4) is 0 Å². The number of carbonyl (C=O) groups is 2. The molecule has 24 heavy (non-hydrogen) atoms. The minimum Gasteiger partial charge on any atom is -0.481 e. The monoisotopic (exact) mass is 345 g/mol. The minimum atomic E-state index is -0.964. The third kappa shape index (κ3) is 5.66. The van der Waals surface area contributed by atoms with Gasteiger partial charge in [-0.15, -0.1) is 0 Å². The molecule has 0 fully saturated rings. The van der Waals surface area contributed by atoms with Crippen LogP contribution in [0.2, 0.25) is 5.02 Å². The summed E-state index contributed by atoms with van der Waals surface area (Å²) in [6.07, 6.45) is 1.31. The van der Waals surface area contributed by atoms with Gasteiger partial charge in [0.15, 0.2) is 0 Å². The average Bonchev–Trinajstić information content (AvgIpc) is 2.55. The highest BCUT2D eigenvalue weighted by atomic mass is 35.5. The lowest BCUT2D eigenvalue weighted by Gasteiger charge is -2.13. The van der Waals surface area contributed by atoms with Crippen molar-refractivity contribution in [3.05, 3.63) is 71.3 Å². The van der Waals surface area contributed by atoms with Crippen molar-refractivity contribution in [3.8, 4) is 0 Å². The molecule has 6 nitrogen and oxygen atoms in total. The van der Waals surface area contributed by atoms with Crippen molar-refractivity contribution >= 4 is 35.0 Å². The number of benzene rings is 2. The number of carbonyl (C=O) groups excluding carboxylic acids is 1. The van der Waals surface area contributed by atoms with Crippen molar-refractivity contribution in [2.45, 2.75) is 6.42 Å². The van der Waals surface area contributed by atoms with Crippen LogP contribution in [0.15, 0.2) is 60.7 Å². The van der Waals surface area contributed by atoms with Crippen LogP contribution in [-0.2, 0) is 4.79 Å². The van der Waals surface area contributed by atoms with Crippen LogP contribution >= 0.6 is 11.6 Å². The van der Waals surface area contributed by atoms with Gasteiger partial charge in [-0.25, -0.2) is 4.79 Å². The molecule has 124 valence electrons. The zero-order chi connectivity index (χ0) is 17.4. The number of carboxylic acids is 1. The lowest BCUT2D eigenvalue weighted by atomic mass is 10.1. The molecule has 0 heterocycles. The summed E-state index contributed by atoms with van der Waals surface area (Å²) in [7, 11) is 0. The topological polar surface area (TPSA) is 90.5 Å². The SMILES string of the molecule is O=C(O)CC=C(NNC(=O)Nc1cccc(Cl)c1)c1ccccc1. The zero-order valence-electron chi connectivity index (χ0n) is 12.6. The van der Waals surface area contributed by atoms with Crippen molar-refractivity contribution in [1.29, 1.82) is 0 Å². The standard InChI is InChI=1S/C17H16ClN3O3/c18-13-7-4-8-14(11-13)19-17(24)21-20-15(9-10-16(22)23)12-5-2-1-3-6-12/h1-9,11,20H,10H2,(H,22,23)(H2,19,21,24). The molecule has 2 rings (SSSR count). The Morgan fingerprint density at radius 3 is 2.46 bits per heavy atom. The third-order valence-corrected chi connectivity index (χ3v) is 3.19. The summed E-state index contributed by atoms with van der Waals surface area (Å²) in [5.41, 5.74) is 6.97. The molecule has 0 aliphatic rings. The fourth-order valence-electron chi connectivity index (χ4n) is 1.90. The second-order valence-electron chi connectivity index (χ2n) is 4.80. The lowest BCUT2D eigenvalue weighted by Crippen LogP contribution is -2.39. The summed E-state index contributed by atoms with van der Waals surface area (Å²) in [5, 5.41) is 11.9. The van der Waals surface area contributed by atoms with Gasteiger partial charge >= 0.3 is 12.0 Å². The van der Waals surface area contributed by atoms with Crippen LogP contribution in [-0.4, -0.2) is 17.1 Å². The van der Waals surface area contributed by atoms with E-state index in [4.69, 9.17) is 16.7 Å². The molecule has 4 N–H and O–H groups in total. The van der Waals surface area contributed by atoms with Gasteiger partial charge in [0.1, 0.15) is 0 Å². The van der Waals surface area contributed by atoms with E-state index < -0.39 is 12.0 Å². The number of rotatable bonds is 6. The van der Waals surface area contributed by atoms with Crippen molar-refractivity contribution < 1.29 is 14.7 Å². The van der Waals surface area contributed by atoms with E-state index in [1.165, 1.54) is 6.08 Å². The number of nitrogens with one attached hydrogen (secondary N) is 3. The first-order valence-corrected chi connectivity index (χ1v) is 7.48. The average molecular weight is 346 g/mol. The highest BCUT2D eigenvalue weighted by molar-refractivity contribution is 6.30. The fourth-order valence-corrected chi connectivity index (χ4v) is 2.09. The summed E-state index contributed by atoms with van der Waals surface area (Å²) in [6, 6.07) is 15.3. The predicted molar refractivity (Wildman–Crippen MR) is 93.4 cm³/mol. The second-order valence-corrected chi connectivity index (χ2v) is 5.23. The Labute approximate surface area is 144 Å². The van der Waals surface area contributed by atoms with Crippen molar-refractivity contribution in [1.82, 2.24) is 10.9 Å². The minimum absolute atomic E-state index is 0.172. The molecule has 2 aromatic carbocycles. The van der Waals surface area contributed by atoms with Gasteiger partial charge < -0.3 is 10.4 Å². The van der Waals surface area contributed by atoms with Gasteiger partial charge in [0.05, 0.1) is 12.1 Å². The molecule has 0 atom stereocenters. The quantitative estimate of drug-likeness (QED) is 0.603. The number of aliphatic carboxylic acids is 1. The number of halogens is 1. The zero-order valence-corrected chi connectivity index (χ0v) is 13.4. The summed E-state index contributed by atoms with van der Waals surface area (Å²) < 4.78 is 0. The van der Waals surface area contributed by atoms with Crippen LogP contribution in [0.25, 0.3) is 5.70 Å². The second kappa shape index (κ2) is 8.59. The molecule has 7 heteroatoms. The van der Waals surface area contributed by atoms with Gasteiger partial charge in [-0.3, -0.25) is 15.6 Å². The van der Waals surface area contributed by atoms with Crippen molar-refractivity contribution in [3.63, 3.8) is 0 Å². The molecule has 0 aliphatic heterocycles. The third-order valence-electron chi connectivity index (χ3n) is 2.96. The van der Waals surface area contributed by atoms with Crippen LogP contribution < -0.4 is 16.2 Å². The predicted octanol–water partition coefficient (Wildman–Crippen LogP) is 3.48. The number of hydrogen-bond donors (Lipinski definition) is 4. The largest absolute Gasteiger partial charge is 0.481 e. The molecule has 2 amide bonds. The van der Waals surface area contributed by atoms with E-state index >= 15 is 0 Å². The van der Waals surface area contributed by atoms with E-state index in [-0.39, 0.29) is 6.42 Å². The van der Waals surface area contributed by atoms with Gasteiger partial charge in [-0.2, -0.15) is 0 Å². The molecule has 2 aromatic rings. The van der Waals surface area contributed by atoms with Crippen LogP contribution in [0.1, 0.15) is 12.0 Å². The summed E-state index contributed by atoms with van der Waals surface area (Å²) in [5.74, 6) is -0.964. The Bertz CT molecular complexity index is 748. The number of carboxylic acid groups (broad SMARTS) is 1. The number of hydrogen-bond acceptors (Lipinski definition) is 3. The van der Waals surface area contributed by atoms with E-state index in [0.717, 1.165) is 5.56 Å². The van der Waals surface area contributed by atoms with Gasteiger partial charge in [0.2, 0.25) is 0 Å². The Balaban J connectivity index is 2.00. The van der Waals surface area contributed by atoms with Crippen molar-refractivity contribution in [2.24, 2.45) is 0 Å². The Kier molecular flexibility index (Phi) is 6.22. The highest BCUT2D eigenvalue weighted by Gasteiger charge is 2.06. The molecule has 0 saturated heterocycles. The van der Waals surface area contributed by atoms with Crippen LogP contribution in [0, 0.1) is 0 Å². The van der Waals surface area contributed by atoms with E-state index in [2.05, 4.69) is 16.2 Å². The first-order valence-electron chi connectivity index (χ1n) is 7.10. The fraction of sp³-hybridized carbons (Fsp3) is 0.0588. The number of hydrazine groups is 1. The van der Waals surface area contributed by atoms with Gasteiger partial charge in [0.25, 0.3) is 0 Å². The first-order chi connectivity index (χ1) is 11.5. The van der Waals surface area contributed by atoms with Gasteiger partial charge in [-0.1, -0.05) is 48.0 Å². The van der Waals surface area contributed by atoms with E-state index in [9.17, 15) is 9.59 Å². The van der Waals surface area contributed by atoms with Crippen molar-refractivity contribution in [2.75, 3.05) is 5.32 Å². The molecule has 0 unspecified atom stereocenters. The Hall–Kier alpha value is -2.99. The molecular weight excluding hydrogens is 330 g/mol. The summed E-state index contributed by atoms with van der Waals surface area (Å²) in [6.45, 7) is 0. The maximum absolute atomic E-state index is 11.9. The number of anilines is 1. The molecule has 0 saturated carbocycles. The number of urea groups is 1. The maximum atomic E-state index is 11.9. The molecule has 0 radical (unpaired) electrons. The van der Waals surface area contributed by atoms with Gasteiger partial charge in [0, 0.05) is 10.7 Å². The molecule has 0 spiro atoms. The molecular formula is C17H16ClN3O3. The van der Waals surface area contributed by atoms with E-state index in [1.54, 1.807) is 36.4 Å². The summed E-state index contributed by atoms with van der Waals surface area (Å²) >= 11 is 5.85.